The molecule has 2 rings (SSSR count). The van der Waals surface area contributed by atoms with Crippen LogP contribution in [0.2, 0.25) is 0 Å². The number of hydrogen-bond acceptors (Lipinski definition) is 4. The number of anilines is 1. The van der Waals surface area contributed by atoms with Gasteiger partial charge in [0, 0.05) is 18.0 Å². The summed E-state index contributed by atoms with van der Waals surface area (Å²) in [5, 5.41) is 11.3. The molecular formula is C16H14F3N3O2. The van der Waals surface area contributed by atoms with Crippen LogP contribution in [0.15, 0.2) is 48.7 Å². The van der Waals surface area contributed by atoms with Gasteiger partial charge in [-0.25, -0.2) is 5.48 Å². The molecule has 0 fully saturated rings. The van der Waals surface area contributed by atoms with Crippen molar-refractivity contribution in [1.82, 2.24) is 10.5 Å². The third kappa shape index (κ3) is 4.82. The van der Waals surface area contributed by atoms with Crippen LogP contribution in [0.5, 0.6) is 0 Å². The highest BCUT2D eigenvalue weighted by atomic mass is 19.4. The van der Waals surface area contributed by atoms with E-state index in [1.54, 1.807) is 12.1 Å². The predicted octanol–water partition coefficient (Wildman–Crippen LogP) is 3.23. The number of nitrogens with zero attached hydrogens (tertiary/aromatic N) is 1. The van der Waals surface area contributed by atoms with Gasteiger partial charge in [0.1, 0.15) is 0 Å². The molecule has 2 aromatic rings. The van der Waals surface area contributed by atoms with E-state index in [1.165, 1.54) is 29.9 Å². The van der Waals surface area contributed by atoms with Crippen LogP contribution in [-0.4, -0.2) is 16.1 Å². The summed E-state index contributed by atoms with van der Waals surface area (Å²) in [6, 6.07) is 8.19. The van der Waals surface area contributed by atoms with Gasteiger partial charge in [-0.2, -0.15) is 13.2 Å². The van der Waals surface area contributed by atoms with E-state index in [1.807, 2.05) is 0 Å². The molecule has 0 atom stereocenters. The van der Waals surface area contributed by atoms with E-state index in [-0.39, 0.29) is 6.54 Å². The molecule has 8 heteroatoms. The maximum absolute atomic E-state index is 12.7. The van der Waals surface area contributed by atoms with E-state index < -0.39 is 17.6 Å². The van der Waals surface area contributed by atoms with Crippen molar-refractivity contribution < 1.29 is 23.2 Å². The van der Waals surface area contributed by atoms with Crippen molar-refractivity contribution in [3.8, 4) is 0 Å². The van der Waals surface area contributed by atoms with Crippen molar-refractivity contribution >= 4 is 17.7 Å². The van der Waals surface area contributed by atoms with E-state index in [0.717, 1.165) is 18.2 Å². The van der Waals surface area contributed by atoms with Crippen LogP contribution in [0.4, 0.5) is 18.9 Å². The number of rotatable bonds is 5. The first-order valence-corrected chi connectivity index (χ1v) is 6.87. The number of amides is 1. The van der Waals surface area contributed by atoms with Crippen LogP contribution < -0.4 is 10.8 Å². The first-order chi connectivity index (χ1) is 11.4. The fraction of sp³-hybridized carbons (Fsp3) is 0.125. The van der Waals surface area contributed by atoms with Crippen molar-refractivity contribution in [1.29, 1.82) is 0 Å². The molecule has 1 amide bonds. The molecule has 0 aliphatic rings. The number of carbonyl (C=O) groups excluding carboxylic acids is 1. The van der Waals surface area contributed by atoms with Gasteiger partial charge in [0.2, 0.25) is 0 Å². The Balaban J connectivity index is 2.13. The van der Waals surface area contributed by atoms with Crippen LogP contribution >= 0.6 is 0 Å². The summed E-state index contributed by atoms with van der Waals surface area (Å²) in [4.78, 5) is 15.2. The summed E-state index contributed by atoms with van der Waals surface area (Å²) in [7, 11) is 0. The second-order valence-corrected chi connectivity index (χ2v) is 4.78. The smallest absolute Gasteiger partial charge is 0.379 e. The minimum absolute atomic E-state index is 0.169. The summed E-state index contributed by atoms with van der Waals surface area (Å²) in [6.45, 7) is 0.169. The molecule has 0 aliphatic heterocycles. The molecule has 0 saturated heterocycles. The number of hydrogen-bond donors (Lipinski definition) is 3. The summed E-state index contributed by atoms with van der Waals surface area (Å²) < 4.78 is 38.1. The lowest BCUT2D eigenvalue weighted by Crippen LogP contribution is -2.15. The molecule has 0 radical (unpaired) electrons. The predicted molar refractivity (Wildman–Crippen MR) is 82.0 cm³/mol. The topological polar surface area (TPSA) is 74.2 Å². The lowest BCUT2D eigenvalue weighted by molar-refractivity contribution is -0.137. The second kappa shape index (κ2) is 7.60. The molecule has 0 bridgehead atoms. The minimum Gasteiger partial charge on any atom is -0.379 e. The normalized spacial score (nSPS) is 11.5. The quantitative estimate of drug-likeness (QED) is 0.445. The van der Waals surface area contributed by atoms with E-state index in [2.05, 4.69) is 10.3 Å². The fourth-order valence-electron chi connectivity index (χ4n) is 1.94. The van der Waals surface area contributed by atoms with Crippen LogP contribution in [0.3, 0.4) is 0 Å². The molecule has 0 spiro atoms. The third-order valence-corrected chi connectivity index (χ3v) is 3.10. The standard InChI is InChI=1S/C16H14F3N3O2/c17-16(18,19)12-4-1-5-13(9-12)21-10-14-11(3-2-8-20-14)6-7-15(23)22-24/h1-9,21,24H,10H2,(H,22,23)/b7-6+. The summed E-state index contributed by atoms with van der Waals surface area (Å²) in [5.41, 5.74) is 2.16. The van der Waals surface area contributed by atoms with Gasteiger partial charge in [0.25, 0.3) is 5.91 Å². The van der Waals surface area contributed by atoms with Gasteiger partial charge in [-0.05, 0) is 35.9 Å². The highest BCUT2D eigenvalue weighted by Crippen LogP contribution is 2.30. The van der Waals surface area contributed by atoms with Gasteiger partial charge in [-0.3, -0.25) is 15.0 Å². The number of pyridine rings is 1. The van der Waals surface area contributed by atoms with Crippen LogP contribution in [0.25, 0.3) is 6.08 Å². The molecule has 0 aliphatic carbocycles. The molecule has 0 unspecified atom stereocenters. The largest absolute Gasteiger partial charge is 0.416 e. The monoisotopic (exact) mass is 337 g/mol. The highest BCUT2D eigenvalue weighted by molar-refractivity contribution is 5.90. The summed E-state index contributed by atoms with van der Waals surface area (Å²) in [6.07, 6.45) is -0.312. The van der Waals surface area contributed by atoms with Gasteiger partial charge in [-0.15, -0.1) is 0 Å². The summed E-state index contributed by atoms with van der Waals surface area (Å²) in [5.74, 6) is -0.698. The van der Waals surface area contributed by atoms with Crippen molar-refractivity contribution in [2.45, 2.75) is 12.7 Å². The maximum Gasteiger partial charge on any atom is 0.416 e. The van der Waals surface area contributed by atoms with Crippen LogP contribution in [0, 0.1) is 0 Å². The van der Waals surface area contributed by atoms with Crippen molar-refractivity contribution in [2.24, 2.45) is 0 Å². The van der Waals surface area contributed by atoms with Gasteiger partial charge < -0.3 is 5.32 Å². The maximum atomic E-state index is 12.7. The number of nitrogens with one attached hydrogen (secondary N) is 2. The zero-order valence-corrected chi connectivity index (χ0v) is 12.3. The molecule has 24 heavy (non-hydrogen) atoms. The van der Waals surface area contributed by atoms with Gasteiger partial charge in [0.05, 0.1) is 17.8 Å². The number of carbonyl (C=O) groups is 1. The zero-order chi connectivity index (χ0) is 17.6. The Hall–Kier alpha value is -2.87. The lowest BCUT2D eigenvalue weighted by atomic mass is 10.1. The number of halogens is 3. The Morgan fingerprint density at radius 1 is 1.25 bits per heavy atom. The molecule has 5 nitrogen and oxygen atoms in total. The van der Waals surface area contributed by atoms with Gasteiger partial charge in [-0.1, -0.05) is 12.1 Å². The molecule has 126 valence electrons. The summed E-state index contributed by atoms with van der Waals surface area (Å²) >= 11 is 0. The Morgan fingerprint density at radius 3 is 2.75 bits per heavy atom. The first-order valence-electron chi connectivity index (χ1n) is 6.87. The second-order valence-electron chi connectivity index (χ2n) is 4.78. The molecule has 0 saturated carbocycles. The van der Waals surface area contributed by atoms with Crippen molar-refractivity contribution in [2.75, 3.05) is 5.32 Å². The first kappa shape index (κ1) is 17.5. The van der Waals surface area contributed by atoms with Crippen LogP contribution in [-0.2, 0) is 17.5 Å². The van der Waals surface area contributed by atoms with E-state index in [9.17, 15) is 18.0 Å². The Morgan fingerprint density at radius 2 is 2.04 bits per heavy atom. The Bertz CT molecular complexity index is 745. The third-order valence-electron chi connectivity index (χ3n) is 3.10. The molecular weight excluding hydrogens is 323 g/mol. The molecule has 1 aromatic carbocycles. The Labute approximate surface area is 135 Å². The van der Waals surface area contributed by atoms with Gasteiger partial charge in [0.15, 0.2) is 0 Å². The molecule has 3 N–H and O–H groups in total. The van der Waals surface area contributed by atoms with E-state index in [0.29, 0.717) is 16.9 Å². The van der Waals surface area contributed by atoms with E-state index >= 15 is 0 Å². The van der Waals surface area contributed by atoms with Crippen molar-refractivity contribution in [3.63, 3.8) is 0 Å². The minimum atomic E-state index is -4.41. The van der Waals surface area contributed by atoms with Crippen molar-refractivity contribution in [3.05, 3.63) is 65.5 Å². The molecule has 1 heterocycles. The Kier molecular flexibility index (Phi) is 5.54. The number of hydroxylamine groups is 1. The highest BCUT2D eigenvalue weighted by Gasteiger charge is 2.30. The average molecular weight is 337 g/mol. The zero-order valence-electron chi connectivity index (χ0n) is 12.3. The van der Waals surface area contributed by atoms with E-state index in [4.69, 9.17) is 5.21 Å². The molecule has 1 aromatic heterocycles. The average Bonchev–Trinajstić information content (AvgIpc) is 2.58. The number of alkyl halides is 3. The number of aromatic nitrogens is 1. The van der Waals surface area contributed by atoms with Crippen LogP contribution in [0.1, 0.15) is 16.8 Å². The SMILES string of the molecule is O=C(/C=C/c1cccnc1CNc1cccc(C(F)(F)F)c1)NO. The number of benzene rings is 1. The fourth-order valence-corrected chi connectivity index (χ4v) is 1.94. The van der Waals surface area contributed by atoms with Gasteiger partial charge >= 0.3 is 6.18 Å². The lowest BCUT2D eigenvalue weighted by Gasteiger charge is -2.11.